The van der Waals surface area contributed by atoms with Crippen LogP contribution in [-0.4, -0.2) is 16.0 Å². The van der Waals surface area contributed by atoms with Crippen molar-refractivity contribution >= 4 is 17.7 Å². The Balaban J connectivity index is 1.85. The lowest BCUT2D eigenvalue weighted by Crippen LogP contribution is -2.21. The summed E-state index contributed by atoms with van der Waals surface area (Å²) < 4.78 is 5.83. The molecule has 2 aromatic carbocycles. The van der Waals surface area contributed by atoms with Gasteiger partial charge in [0.2, 0.25) is 0 Å². The van der Waals surface area contributed by atoms with Crippen LogP contribution >= 0.6 is 11.8 Å². The zero-order valence-electron chi connectivity index (χ0n) is 12.2. The number of carbonyl (C=O) groups excluding carboxylic acids is 1. The third-order valence-electron chi connectivity index (χ3n) is 3.65. The minimum absolute atomic E-state index is 0.00894. The van der Waals surface area contributed by atoms with E-state index < -0.39 is 0 Å². The van der Waals surface area contributed by atoms with Crippen molar-refractivity contribution in [3.8, 4) is 0 Å². The standard InChI is InChI=1S/C18H18O2S/c1-18(2)16(21-18)17(19)20-15(13-9-5-3-6-10-13)14-11-7-4-8-12-14/h3-12,15-16H,1-2H3/t16-/m1/s1. The van der Waals surface area contributed by atoms with Crippen molar-refractivity contribution in [3.05, 3.63) is 71.8 Å². The summed E-state index contributed by atoms with van der Waals surface area (Å²) in [5, 5.41) is -0.0487. The molecule has 21 heavy (non-hydrogen) atoms. The van der Waals surface area contributed by atoms with Crippen molar-refractivity contribution < 1.29 is 9.53 Å². The maximum absolute atomic E-state index is 12.3. The normalized spacial score (nSPS) is 19.3. The maximum Gasteiger partial charge on any atom is 0.321 e. The third-order valence-corrected chi connectivity index (χ3v) is 5.26. The summed E-state index contributed by atoms with van der Waals surface area (Å²) in [5.74, 6) is -0.122. The van der Waals surface area contributed by atoms with Gasteiger partial charge >= 0.3 is 5.97 Å². The highest BCUT2D eigenvalue weighted by atomic mass is 32.2. The van der Waals surface area contributed by atoms with Gasteiger partial charge in [-0.15, -0.1) is 11.8 Å². The fraction of sp³-hybridized carbons (Fsp3) is 0.278. The molecule has 1 fully saturated rings. The Kier molecular flexibility index (Phi) is 3.77. The minimum atomic E-state index is -0.336. The van der Waals surface area contributed by atoms with Crippen LogP contribution in [0, 0.1) is 0 Å². The Hall–Kier alpha value is -1.74. The molecule has 2 aromatic rings. The lowest BCUT2D eigenvalue weighted by atomic mass is 10.0. The largest absolute Gasteiger partial charge is 0.452 e. The quantitative estimate of drug-likeness (QED) is 0.624. The number of hydrogen-bond acceptors (Lipinski definition) is 3. The first-order valence-electron chi connectivity index (χ1n) is 7.06. The molecule has 0 bridgehead atoms. The molecule has 3 rings (SSSR count). The summed E-state index contributed by atoms with van der Waals surface area (Å²) in [6.45, 7) is 4.15. The summed E-state index contributed by atoms with van der Waals surface area (Å²) in [6, 6.07) is 19.8. The predicted octanol–water partition coefficient (Wildman–Crippen LogP) is 4.21. The molecule has 3 heteroatoms. The Morgan fingerprint density at radius 3 is 1.81 bits per heavy atom. The van der Waals surface area contributed by atoms with Gasteiger partial charge in [0.05, 0.1) is 0 Å². The second-order valence-electron chi connectivity index (χ2n) is 5.74. The van der Waals surface area contributed by atoms with E-state index in [-0.39, 0.29) is 22.1 Å². The van der Waals surface area contributed by atoms with Crippen molar-refractivity contribution in [2.75, 3.05) is 0 Å². The SMILES string of the molecule is CC1(C)S[C@@H]1C(=O)OC(c1ccccc1)c1ccccc1. The molecule has 0 saturated carbocycles. The van der Waals surface area contributed by atoms with Crippen LogP contribution in [0.15, 0.2) is 60.7 Å². The molecule has 0 unspecified atom stereocenters. The summed E-state index contributed by atoms with van der Waals surface area (Å²) in [6.07, 6.45) is -0.336. The van der Waals surface area contributed by atoms with E-state index in [1.807, 2.05) is 60.7 Å². The van der Waals surface area contributed by atoms with Crippen molar-refractivity contribution in [3.63, 3.8) is 0 Å². The molecule has 0 radical (unpaired) electrons. The van der Waals surface area contributed by atoms with Gasteiger partial charge in [0.1, 0.15) is 5.25 Å². The van der Waals surface area contributed by atoms with Gasteiger partial charge in [-0.3, -0.25) is 4.79 Å². The number of hydrogen-bond donors (Lipinski definition) is 0. The van der Waals surface area contributed by atoms with Crippen molar-refractivity contribution in [2.24, 2.45) is 0 Å². The number of ether oxygens (including phenoxy) is 1. The van der Waals surface area contributed by atoms with Crippen LogP contribution in [0.3, 0.4) is 0 Å². The first-order chi connectivity index (χ1) is 10.1. The molecule has 2 nitrogen and oxygen atoms in total. The van der Waals surface area contributed by atoms with Gasteiger partial charge in [-0.1, -0.05) is 60.7 Å². The van der Waals surface area contributed by atoms with E-state index in [2.05, 4.69) is 13.8 Å². The lowest BCUT2D eigenvalue weighted by molar-refractivity contribution is -0.146. The van der Waals surface area contributed by atoms with Crippen LogP contribution in [0.1, 0.15) is 31.1 Å². The van der Waals surface area contributed by atoms with Crippen LogP contribution in [0.25, 0.3) is 0 Å². The maximum atomic E-state index is 12.3. The summed E-state index contributed by atoms with van der Waals surface area (Å²) in [4.78, 5) is 12.3. The van der Waals surface area contributed by atoms with Crippen LogP contribution < -0.4 is 0 Å². The van der Waals surface area contributed by atoms with Gasteiger partial charge in [-0.25, -0.2) is 0 Å². The second kappa shape index (κ2) is 5.57. The Morgan fingerprint density at radius 1 is 1.00 bits per heavy atom. The van der Waals surface area contributed by atoms with E-state index >= 15 is 0 Å². The van der Waals surface area contributed by atoms with Crippen molar-refractivity contribution in [1.29, 1.82) is 0 Å². The van der Waals surface area contributed by atoms with E-state index in [4.69, 9.17) is 4.74 Å². The monoisotopic (exact) mass is 298 g/mol. The fourth-order valence-corrected chi connectivity index (χ4v) is 3.15. The Morgan fingerprint density at radius 2 is 1.43 bits per heavy atom. The Bertz CT molecular complexity index is 583. The molecule has 1 aliphatic heterocycles. The molecule has 0 N–H and O–H groups in total. The smallest absolute Gasteiger partial charge is 0.321 e. The molecular formula is C18H18O2S. The molecule has 0 aliphatic carbocycles. The molecule has 1 aliphatic rings. The first-order valence-corrected chi connectivity index (χ1v) is 7.94. The molecule has 108 valence electrons. The minimum Gasteiger partial charge on any atom is -0.452 e. The van der Waals surface area contributed by atoms with E-state index in [1.165, 1.54) is 0 Å². The summed E-state index contributed by atoms with van der Waals surface area (Å²) >= 11 is 1.66. The average molecular weight is 298 g/mol. The first kappa shape index (κ1) is 14.2. The second-order valence-corrected chi connectivity index (χ2v) is 7.50. The molecule has 1 heterocycles. The highest BCUT2D eigenvalue weighted by Gasteiger charge is 2.53. The fourth-order valence-electron chi connectivity index (χ4n) is 2.36. The number of rotatable bonds is 4. The van der Waals surface area contributed by atoms with Crippen LogP contribution in [0.2, 0.25) is 0 Å². The van der Waals surface area contributed by atoms with E-state index in [0.717, 1.165) is 11.1 Å². The number of carbonyl (C=O) groups is 1. The lowest BCUT2D eigenvalue weighted by Gasteiger charge is -2.19. The number of benzene rings is 2. The highest BCUT2D eigenvalue weighted by Crippen LogP contribution is 2.53. The van der Waals surface area contributed by atoms with Gasteiger partial charge in [-0.05, 0) is 25.0 Å². The van der Waals surface area contributed by atoms with Gasteiger partial charge < -0.3 is 4.74 Å². The van der Waals surface area contributed by atoms with E-state index in [9.17, 15) is 4.79 Å². The van der Waals surface area contributed by atoms with Crippen molar-refractivity contribution in [1.82, 2.24) is 0 Å². The Labute approximate surface area is 129 Å². The third kappa shape index (κ3) is 3.13. The zero-order valence-corrected chi connectivity index (χ0v) is 13.0. The number of thioether (sulfide) groups is 1. The van der Waals surface area contributed by atoms with Crippen LogP contribution in [0.5, 0.6) is 0 Å². The highest BCUT2D eigenvalue weighted by molar-refractivity contribution is 8.09. The van der Waals surface area contributed by atoms with Gasteiger partial charge in [0, 0.05) is 4.75 Å². The van der Waals surface area contributed by atoms with Crippen LogP contribution in [-0.2, 0) is 9.53 Å². The molecule has 0 amide bonds. The van der Waals surface area contributed by atoms with Crippen LogP contribution in [0.4, 0.5) is 0 Å². The molecular weight excluding hydrogens is 280 g/mol. The van der Waals surface area contributed by atoms with Crippen molar-refractivity contribution in [2.45, 2.75) is 29.9 Å². The van der Waals surface area contributed by atoms with Gasteiger partial charge in [0.25, 0.3) is 0 Å². The van der Waals surface area contributed by atoms with Gasteiger partial charge in [-0.2, -0.15) is 0 Å². The molecule has 1 atom stereocenters. The summed E-state index contributed by atoms with van der Waals surface area (Å²) in [7, 11) is 0. The molecule has 1 saturated heterocycles. The van der Waals surface area contributed by atoms with E-state index in [0.29, 0.717) is 0 Å². The van der Waals surface area contributed by atoms with E-state index in [1.54, 1.807) is 11.8 Å². The average Bonchev–Trinajstić information content (AvgIpc) is 3.15. The van der Waals surface area contributed by atoms with Gasteiger partial charge in [0.15, 0.2) is 6.10 Å². The topological polar surface area (TPSA) is 26.3 Å². The predicted molar refractivity (Wildman–Crippen MR) is 86.3 cm³/mol. The number of esters is 1. The summed E-state index contributed by atoms with van der Waals surface area (Å²) in [5.41, 5.74) is 2.00. The molecule has 0 spiro atoms. The molecule has 0 aromatic heterocycles. The zero-order chi connectivity index (χ0) is 14.9.